The van der Waals surface area contributed by atoms with Crippen LogP contribution in [0.1, 0.15) is 25.5 Å². The molecule has 0 aromatic heterocycles. The minimum Gasteiger partial charge on any atom is -0.372 e. The van der Waals surface area contributed by atoms with E-state index in [-0.39, 0.29) is 17.5 Å². The molecule has 1 atom stereocenters. The zero-order chi connectivity index (χ0) is 10.9. The number of halogens is 1. The second-order valence-electron chi connectivity index (χ2n) is 4.39. The molecule has 1 aliphatic heterocycles. The van der Waals surface area contributed by atoms with E-state index in [4.69, 9.17) is 4.74 Å². The zero-order valence-corrected chi connectivity index (χ0v) is 9.09. The minimum atomic E-state index is -0.240. The van der Waals surface area contributed by atoms with Crippen LogP contribution in [-0.2, 0) is 4.74 Å². The molecule has 1 saturated heterocycles. The molecule has 2 nitrogen and oxygen atoms in total. The number of ether oxygens (including phenoxy) is 1. The van der Waals surface area contributed by atoms with Crippen LogP contribution < -0.4 is 5.32 Å². The van der Waals surface area contributed by atoms with Gasteiger partial charge >= 0.3 is 0 Å². The number of morpholine rings is 1. The molecule has 1 aromatic rings. The summed E-state index contributed by atoms with van der Waals surface area (Å²) in [5.41, 5.74) is 0.830. The van der Waals surface area contributed by atoms with Crippen molar-refractivity contribution < 1.29 is 9.13 Å². The summed E-state index contributed by atoms with van der Waals surface area (Å²) in [5, 5.41) is 3.40. The molecule has 2 rings (SSSR count). The third kappa shape index (κ3) is 2.19. The second kappa shape index (κ2) is 3.91. The number of nitrogens with one attached hydrogen (secondary N) is 1. The molecular formula is C12H16FNO. The van der Waals surface area contributed by atoms with Gasteiger partial charge in [0.15, 0.2) is 0 Å². The SMILES string of the molecule is CC1(C)OCCNC1c1ccc(F)cc1. The topological polar surface area (TPSA) is 21.3 Å². The van der Waals surface area contributed by atoms with Crippen molar-refractivity contribution in [2.75, 3.05) is 13.2 Å². The summed E-state index contributed by atoms with van der Waals surface area (Å²) in [5.74, 6) is -0.201. The average Bonchev–Trinajstić information content (AvgIpc) is 2.19. The van der Waals surface area contributed by atoms with Crippen LogP contribution in [0.5, 0.6) is 0 Å². The molecule has 1 N–H and O–H groups in total. The monoisotopic (exact) mass is 209 g/mol. The van der Waals surface area contributed by atoms with Gasteiger partial charge in [-0.15, -0.1) is 0 Å². The fourth-order valence-electron chi connectivity index (χ4n) is 2.02. The maximum Gasteiger partial charge on any atom is 0.123 e. The third-order valence-electron chi connectivity index (χ3n) is 2.82. The summed E-state index contributed by atoms with van der Waals surface area (Å²) in [6.45, 7) is 5.66. The van der Waals surface area contributed by atoms with Crippen molar-refractivity contribution >= 4 is 0 Å². The molecule has 0 saturated carbocycles. The summed E-state index contributed by atoms with van der Waals surface area (Å²) in [7, 11) is 0. The maximum absolute atomic E-state index is 12.8. The summed E-state index contributed by atoms with van der Waals surface area (Å²) in [6.07, 6.45) is 0. The third-order valence-corrected chi connectivity index (χ3v) is 2.82. The van der Waals surface area contributed by atoms with Crippen molar-refractivity contribution in [1.29, 1.82) is 0 Å². The van der Waals surface area contributed by atoms with E-state index in [2.05, 4.69) is 5.32 Å². The summed E-state index contributed by atoms with van der Waals surface area (Å²) in [4.78, 5) is 0. The van der Waals surface area contributed by atoms with Gasteiger partial charge in [0.05, 0.1) is 18.2 Å². The number of rotatable bonds is 1. The van der Waals surface area contributed by atoms with Gasteiger partial charge in [0.2, 0.25) is 0 Å². The van der Waals surface area contributed by atoms with E-state index in [0.717, 1.165) is 18.7 Å². The van der Waals surface area contributed by atoms with Crippen LogP contribution >= 0.6 is 0 Å². The van der Waals surface area contributed by atoms with Gasteiger partial charge in [-0.1, -0.05) is 12.1 Å². The molecule has 15 heavy (non-hydrogen) atoms. The minimum absolute atomic E-state index is 0.131. The van der Waals surface area contributed by atoms with E-state index in [1.165, 1.54) is 12.1 Å². The number of hydrogen-bond acceptors (Lipinski definition) is 2. The molecule has 1 unspecified atom stereocenters. The van der Waals surface area contributed by atoms with Crippen LogP contribution in [0.4, 0.5) is 4.39 Å². The first-order valence-electron chi connectivity index (χ1n) is 5.22. The Kier molecular flexibility index (Phi) is 2.76. The first-order chi connectivity index (χ1) is 7.09. The highest BCUT2D eigenvalue weighted by atomic mass is 19.1. The Morgan fingerprint density at radius 3 is 2.60 bits per heavy atom. The van der Waals surface area contributed by atoms with Gasteiger partial charge in [0.25, 0.3) is 0 Å². The Hall–Kier alpha value is -0.930. The Morgan fingerprint density at radius 1 is 1.33 bits per heavy atom. The lowest BCUT2D eigenvalue weighted by Crippen LogP contribution is -2.48. The molecule has 0 amide bonds. The molecule has 1 heterocycles. The van der Waals surface area contributed by atoms with Crippen LogP contribution in [0.15, 0.2) is 24.3 Å². The fraction of sp³-hybridized carbons (Fsp3) is 0.500. The van der Waals surface area contributed by atoms with E-state index in [9.17, 15) is 4.39 Å². The second-order valence-corrected chi connectivity index (χ2v) is 4.39. The van der Waals surface area contributed by atoms with E-state index in [0.29, 0.717) is 0 Å². The van der Waals surface area contributed by atoms with E-state index >= 15 is 0 Å². The Labute approximate surface area is 89.4 Å². The van der Waals surface area contributed by atoms with Crippen molar-refractivity contribution in [2.45, 2.75) is 25.5 Å². The van der Waals surface area contributed by atoms with Crippen molar-refractivity contribution in [3.05, 3.63) is 35.6 Å². The lowest BCUT2D eigenvalue weighted by molar-refractivity contribution is -0.0722. The predicted octanol–water partition coefficient (Wildman–Crippen LogP) is 2.27. The largest absolute Gasteiger partial charge is 0.372 e. The van der Waals surface area contributed by atoms with Crippen LogP contribution in [0.2, 0.25) is 0 Å². The number of benzene rings is 1. The van der Waals surface area contributed by atoms with Crippen molar-refractivity contribution in [3.63, 3.8) is 0 Å². The van der Waals surface area contributed by atoms with Gasteiger partial charge < -0.3 is 10.1 Å². The van der Waals surface area contributed by atoms with Crippen molar-refractivity contribution in [1.82, 2.24) is 5.32 Å². The predicted molar refractivity (Wildman–Crippen MR) is 57.2 cm³/mol. The van der Waals surface area contributed by atoms with E-state index < -0.39 is 0 Å². The molecule has 0 radical (unpaired) electrons. The Bertz CT molecular complexity index is 334. The Morgan fingerprint density at radius 2 is 2.00 bits per heavy atom. The molecule has 1 aliphatic rings. The normalized spacial score (nSPS) is 25.1. The number of hydrogen-bond donors (Lipinski definition) is 1. The Balaban J connectivity index is 2.25. The molecule has 1 fully saturated rings. The van der Waals surface area contributed by atoms with Crippen LogP contribution in [0.25, 0.3) is 0 Å². The van der Waals surface area contributed by atoms with Gasteiger partial charge in [-0.2, -0.15) is 0 Å². The summed E-state index contributed by atoms with van der Waals surface area (Å²) >= 11 is 0. The molecule has 3 heteroatoms. The highest BCUT2D eigenvalue weighted by Gasteiger charge is 2.34. The lowest BCUT2D eigenvalue weighted by Gasteiger charge is -2.39. The summed E-state index contributed by atoms with van der Waals surface area (Å²) < 4.78 is 18.5. The van der Waals surface area contributed by atoms with Gasteiger partial charge in [-0.05, 0) is 31.5 Å². The van der Waals surface area contributed by atoms with Gasteiger partial charge in [-0.25, -0.2) is 4.39 Å². The van der Waals surface area contributed by atoms with Crippen LogP contribution in [0, 0.1) is 5.82 Å². The average molecular weight is 209 g/mol. The van der Waals surface area contributed by atoms with Crippen molar-refractivity contribution in [3.8, 4) is 0 Å². The van der Waals surface area contributed by atoms with E-state index in [1.54, 1.807) is 0 Å². The summed E-state index contributed by atoms with van der Waals surface area (Å²) in [6, 6.07) is 6.72. The standard InChI is InChI=1S/C12H16FNO/c1-12(2)11(14-7-8-15-12)9-3-5-10(13)6-4-9/h3-6,11,14H,7-8H2,1-2H3. The first-order valence-corrected chi connectivity index (χ1v) is 5.22. The smallest absolute Gasteiger partial charge is 0.123 e. The molecule has 0 aliphatic carbocycles. The highest BCUT2D eigenvalue weighted by Crippen LogP contribution is 2.30. The molecule has 0 bridgehead atoms. The van der Waals surface area contributed by atoms with Crippen LogP contribution in [0.3, 0.4) is 0 Å². The zero-order valence-electron chi connectivity index (χ0n) is 9.09. The van der Waals surface area contributed by atoms with Gasteiger partial charge in [0, 0.05) is 6.54 Å². The van der Waals surface area contributed by atoms with Gasteiger partial charge in [-0.3, -0.25) is 0 Å². The maximum atomic E-state index is 12.8. The first kappa shape index (κ1) is 10.6. The van der Waals surface area contributed by atoms with Gasteiger partial charge in [0.1, 0.15) is 5.82 Å². The van der Waals surface area contributed by atoms with Crippen molar-refractivity contribution in [2.24, 2.45) is 0 Å². The molecule has 0 spiro atoms. The lowest BCUT2D eigenvalue weighted by atomic mass is 9.90. The highest BCUT2D eigenvalue weighted by molar-refractivity contribution is 5.23. The van der Waals surface area contributed by atoms with E-state index in [1.807, 2.05) is 26.0 Å². The molecule has 82 valence electrons. The fourth-order valence-corrected chi connectivity index (χ4v) is 2.02. The molecular weight excluding hydrogens is 193 g/mol. The quantitative estimate of drug-likeness (QED) is 0.766. The molecule has 1 aromatic carbocycles. The van der Waals surface area contributed by atoms with Crippen LogP contribution in [-0.4, -0.2) is 18.8 Å².